The molecule has 130 valence electrons. The van der Waals surface area contributed by atoms with Crippen molar-refractivity contribution in [2.24, 2.45) is 0 Å². The lowest BCUT2D eigenvalue weighted by Crippen LogP contribution is -2.41. The van der Waals surface area contributed by atoms with Gasteiger partial charge in [0.2, 0.25) is 0 Å². The monoisotopic (exact) mass is 332 g/mol. The van der Waals surface area contributed by atoms with E-state index in [9.17, 15) is 9.59 Å². The number of nitrogens with one attached hydrogen (secondary N) is 2. The SMILES string of the molecule is CCCCOC(=O)OC(=O)c1ccc2c(c1)NCC21CCNCC1. The van der Waals surface area contributed by atoms with Crippen LogP contribution in [0.4, 0.5) is 10.5 Å². The standard InChI is InChI=1S/C18H24N2O4/c1-2-3-10-23-17(22)24-16(21)13-4-5-14-15(11-13)20-12-18(14)6-8-19-9-7-18/h4-5,11,19-20H,2-3,6-10,12H2,1H3. The van der Waals surface area contributed by atoms with Crippen molar-refractivity contribution in [3.8, 4) is 0 Å². The lowest BCUT2D eigenvalue weighted by Gasteiger charge is -2.33. The molecule has 0 radical (unpaired) electrons. The summed E-state index contributed by atoms with van der Waals surface area (Å²) in [4.78, 5) is 23.6. The average Bonchev–Trinajstić information content (AvgIpc) is 2.93. The number of hydrogen-bond acceptors (Lipinski definition) is 6. The lowest BCUT2D eigenvalue weighted by atomic mass is 9.75. The molecule has 1 saturated heterocycles. The third kappa shape index (κ3) is 3.38. The van der Waals surface area contributed by atoms with E-state index in [2.05, 4.69) is 10.6 Å². The van der Waals surface area contributed by atoms with Crippen LogP contribution in [0.15, 0.2) is 18.2 Å². The molecule has 1 spiro atoms. The number of benzene rings is 1. The molecule has 6 heteroatoms. The van der Waals surface area contributed by atoms with Crippen molar-refractivity contribution in [1.29, 1.82) is 0 Å². The molecule has 3 rings (SSSR count). The second kappa shape index (κ2) is 7.21. The first-order chi connectivity index (χ1) is 11.6. The Morgan fingerprint density at radius 2 is 2.04 bits per heavy atom. The predicted octanol–water partition coefficient (Wildman–Crippen LogP) is 2.83. The maximum absolute atomic E-state index is 12.1. The van der Waals surface area contributed by atoms with E-state index in [4.69, 9.17) is 9.47 Å². The number of esters is 1. The van der Waals surface area contributed by atoms with E-state index in [0.29, 0.717) is 5.56 Å². The van der Waals surface area contributed by atoms with Crippen LogP contribution in [0.5, 0.6) is 0 Å². The number of hydrogen-bond donors (Lipinski definition) is 2. The third-order valence-electron chi connectivity index (χ3n) is 4.90. The number of unbranched alkanes of at least 4 members (excludes halogenated alkanes) is 1. The van der Waals surface area contributed by atoms with Gasteiger partial charge in [0, 0.05) is 17.6 Å². The molecule has 2 aliphatic heterocycles. The first-order valence-corrected chi connectivity index (χ1v) is 8.63. The number of rotatable bonds is 4. The van der Waals surface area contributed by atoms with Crippen molar-refractivity contribution in [3.63, 3.8) is 0 Å². The summed E-state index contributed by atoms with van der Waals surface area (Å²) in [6, 6.07) is 5.49. The molecule has 0 amide bonds. The fraction of sp³-hybridized carbons (Fsp3) is 0.556. The van der Waals surface area contributed by atoms with Crippen molar-refractivity contribution in [2.75, 3.05) is 31.6 Å². The topological polar surface area (TPSA) is 76.7 Å². The van der Waals surface area contributed by atoms with Gasteiger partial charge >= 0.3 is 12.1 Å². The Morgan fingerprint density at radius 1 is 1.25 bits per heavy atom. The summed E-state index contributed by atoms with van der Waals surface area (Å²) in [5, 5.41) is 6.78. The Bertz CT molecular complexity index is 623. The quantitative estimate of drug-likeness (QED) is 0.502. The molecule has 2 heterocycles. The van der Waals surface area contributed by atoms with Crippen LogP contribution in [-0.2, 0) is 14.9 Å². The highest BCUT2D eigenvalue weighted by Crippen LogP contribution is 2.43. The summed E-state index contributed by atoms with van der Waals surface area (Å²) in [7, 11) is 0. The van der Waals surface area contributed by atoms with E-state index < -0.39 is 12.1 Å². The Kier molecular flexibility index (Phi) is 5.04. The van der Waals surface area contributed by atoms with Crippen molar-refractivity contribution >= 4 is 17.8 Å². The smallest absolute Gasteiger partial charge is 0.434 e. The molecule has 1 aromatic rings. The lowest BCUT2D eigenvalue weighted by molar-refractivity contribution is 0.0382. The second-order valence-corrected chi connectivity index (χ2v) is 6.49. The number of fused-ring (bicyclic) bond motifs is 2. The van der Waals surface area contributed by atoms with Crippen LogP contribution in [0.25, 0.3) is 0 Å². The average molecular weight is 332 g/mol. The first kappa shape index (κ1) is 16.8. The maximum Gasteiger partial charge on any atom is 0.516 e. The van der Waals surface area contributed by atoms with Gasteiger partial charge in [-0.25, -0.2) is 9.59 Å². The van der Waals surface area contributed by atoms with Gasteiger partial charge in [0.05, 0.1) is 12.2 Å². The minimum atomic E-state index is -0.934. The zero-order valence-electron chi connectivity index (χ0n) is 14.0. The molecule has 2 aliphatic rings. The second-order valence-electron chi connectivity index (χ2n) is 6.49. The molecule has 0 unspecified atom stereocenters. The number of anilines is 1. The minimum absolute atomic E-state index is 0.155. The largest absolute Gasteiger partial charge is 0.516 e. The summed E-state index contributed by atoms with van der Waals surface area (Å²) in [5.41, 5.74) is 2.73. The molecule has 0 aliphatic carbocycles. The number of ether oxygens (including phenoxy) is 2. The van der Waals surface area contributed by atoms with E-state index in [0.717, 1.165) is 51.0 Å². The first-order valence-electron chi connectivity index (χ1n) is 8.63. The maximum atomic E-state index is 12.1. The van der Waals surface area contributed by atoms with Crippen LogP contribution < -0.4 is 10.6 Å². The number of piperidine rings is 1. The van der Waals surface area contributed by atoms with E-state index in [1.54, 1.807) is 12.1 Å². The minimum Gasteiger partial charge on any atom is -0.434 e. The van der Waals surface area contributed by atoms with Gasteiger partial charge in [0.15, 0.2) is 0 Å². The number of carbonyl (C=O) groups is 2. The molecule has 0 bridgehead atoms. The Hall–Kier alpha value is -2.08. The van der Waals surface area contributed by atoms with Crippen molar-refractivity contribution in [2.45, 2.75) is 38.0 Å². The van der Waals surface area contributed by atoms with Crippen molar-refractivity contribution in [3.05, 3.63) is 29.3 Å². The fourth-order valence-electron chi connectivity index (χ4n) is 3.45. The van der Waals surface area contributed by atoms with Gasteiger partial charge in [-0.2, -0.15) is 0 Å². The van der Waals surface area contributed by atoms with Gasteiger partial charge < -0.3 is 20.1 Å². The molecule has 0 saturated carbocycles. The van der Waals surface area contributed by atoms with E-state index in [1.807, 2.05) is 13.0 Å². The van der Waals surface area contributed by atoms with E-state index in [1.165, 1.54) is 5.56 Å². The van der Waals surface area contributed by atoms with Crippen LogP contribution >= 0.6 is 0 Å². The Labute approximate surface area is 141 Å². The van der Waals surface area contributed by atoms with Gasteiger partial charge in [0.1, 0.15) is 0 Å². The summed E-state index contributed by atoms with van der Waals surface area (Å²) < 4.78 is 9.59. The normalized spacial score (nSPS) is 17.9. The highest BCUT2D eigenvalue weighted by molar-refractivity contribution is 5.96. The van der Waals surface area contributed by atoms with Crippen LogP contribution in [-0.4, -0.2) is 38.4 Å². The van der Waals surface area contributed by atoms with E-state index >= 15 is 0 Å². The summed E-state index contributed by atoms with van der Waals surface area (Å²) in [6.45, 7) is 5.17. The van der Waals surface area contributed by atoms with Crippen LogP contribution in [0.1, 0.15) is 48.5 Å². The van der Waals surface area contributed by atoms with Gasteiger partial charge in [-0.05, 0) is 50.0 Å². The third-order valence-corrected chi connectivity index (χ3v) is 4.90. The van der Waals surface area contributed by atoms with Crippen LogP contribution in [0.2, 0.25) is 0 Å². The fourth-order valence-corrected chi connectivity index (χ4v) is 3.45. The predicted molar refractivity (Wildman–Crippen MR) is 90.4 cm³/mol. The number of carbonyl (C=O) groups excluding carboxylic acids is 2. The highest BCUT2D eigenvalue weighted by Gasteiger charge is 2.39. The van der Waals surface area contributed by atoms with Gasteiger partial charge in [-0.1, -0.05) is 19.4 Å². The highest BCUT2D eigenvalue weighted by atomic mass is 16.7. The van der Waals surface area contributed by atoms with Gasteiger partial charge in [-0.15, -0.1) is 0 Å². The molecular formula is C18H24N2O4. The molecule has 2 N–H and O–H groups in total. The van der Waals surface area contributed by atoms with Crippen molar-refractivity contribution < 1.29 is 19.1 Å². The molecule has 1 fully saturated rings. The molecule has 0 atom stereocenters. The summed E-state index contributed by atoms with van der Waals surface area (Å²) in [5.74, 6) is -0.674. The Balaban J connectivity index is 1.66. The molecule has 24 heavy (non-hydrogen) atoms. The van der Waals surface area contributed by atoms with Crippen LogP contribution in [0.3, 0.4) is 0 Å². The van der Waals surface area contributed by atoms with E-state index in [-0.39, 0.29) is 12.0 Å². The van der Waals surface area contributed by atoms with Gasteiger partial charge in [0.25, 0.3) is 0 Å². The summed E-state index contributed by atoms with van der Waals surface area (Å²) in [6.07, 6.45) is 2.90. The molecule has 6 nitrogen and oxygen atoms in total. The molecule has 1 aromatic carbocycles. The molecular weight excluding hydrogens is 308 g/mol. The Morgan fingerprint density at radius 3 is 2.79 bits per heavy atom. The van der Waals surface area contributed by atoms with Crippen molar-refractivity contribution in [1.82, 2.24) is 5.32 Å². The van der Waals surface area contributed by atoms with Crippen LogP contribution in [0, 0.1) is 0 Å². The van der Waals surface area contributed by atoms with Gasteiger partial charge in [-0.3, -0.25) is 0 Å². The zero-order chi connectivity index (χ0) is 17.0. The summed E-state index contributed by atoms with van der Waals surface area (Å²) >= 11 is 0. The zero-order valence-corrected chi connectivity index (χ0v) is 14.0. The molecule has 0 aromatic heterocycles.